The normalized spacial score (nSPS) is 10.7. The third-order valence-corrected chi connectivity index (χ3v) is 4.99. The lowest BCUT2D eigenvalue weighted by Gasteiger charge is -2.04. The van der Waals surface area contributed by atoms with Crippen molar-refractivity contribution in [1.29, 1.82) is 0 Å². The lowest BCUT2D eigenvalue weighted by atomic mass is 10.2. The minimum absolute atomic E-state index is 0.146. The number of H-pyrrole nitrogens is 2. The van der Waals surface area contributed by atoms with Gasteiger partial charge in [-0.15, -0.1) is 0 Å². The molecule has 0 radical (unpaired) electrons. The molecule has 0 spiro atoms. The lowest BCUT2D eigenvalue weighted by molar-refractivity contribution is 0.936. The quantitative estimate of drug-likeness (QED) is 0.519. The SMILES string of the molecule is O=c1ccnc(SCc2ccc(CSc3nccc(=O)[nH]3)cc2)[nH]1. The number of nitrogens with one attached hydrogen (secondary N) is 2. The number of hydrogen-bond acceptors (Lipinski definition) is 6. The number of aromatic nitrogens is 4. The Hall–Kier alpha value is -2.32. The van der Waals surface area contributed by atoms with E-state index in [4.69, 9.17) is 0 Å². The molecule has 0 aliphatic heterocycles. The van der Waals surface area contributed by atoms with E-state index in [2.05, 4.69) is 19.9 Å². The molecule has 2 aromatic heterocycles. The molecule has 0 atom stereocenters. The summed E-state index contributed by atoms with van der Waals surface area (Å²) in [5.74, 6) is 1.46. The first-order valence-corrected chi connectivity index (χ1v) is 9.10. The fourth-order valence-electron chi connectivity index (χ4n) is 1.89. The zero-order valence-electron chi connectivity index (χ0n) is 12.6. The maximum absolute atomic E-state index is 11.2. The Morgan fingerprint density at radius 1 is 0.708 bits per heavy atom. The van der Waals surface area contributed by atoms with Gasteiger partial charge in [-0.3, -0.25) is 9.59 Å². The van der Waals surface area contributed by atoms with Crippen LogP contribution in [-0.2, 0) is 11.5 Å². The van der Waals surface area contributed by atoms with Gasteiger partial charge in [-0.1, -0.05) is 47.8 Å². The molecule has 0 amide bonds. The second-order valence-electron chi connectivity index (χ2n) is 4.87. The first-order chi connectivity index (χ1) is 11.7. The Balaban J connectivity index is 1.55. The second-order valence-corrected chi connectivity index (χ2v) is 6.80. The van der Waals surface area contributed by atoms with Crippen molar-refractivity contribution < 1.29 is 0 Å². The van der Waals surface area contributed by atoms with Crippen molar-refractivity contribution in [1.82, 2.24) is 19.9 Å². The zero-order chi connectivity index (χ0) is 16.8. The van der Waals surface area contributed by atoms with Gasteiger partial charge in [0.2, 0.25) is 0 Å². The molecule has 3 rings (SSSR count). The molecule has 0 unspecified atom stereocenters. The standard InChI is InChI=1S/C16H14N4O2S2/c21-13-5-7-17-15(19-13)23-9-11-1-2-12(4-3-11)10-24-16-18-8-6-14(22)20-16/h1-8H,9-10H2,(H,17,19,21)(H,18,20,22). The number of rotatable bonds is 6. The van der Waals surface area contributed by atoms with Crippen LogP contribution >= 0.6 is 23.5 Å². The summed E-state index contributed by atoms with van der Waals surface area (Å²) >= 11 is 2.97. The molecule has 6 nitrogen and oxygen atoms in total. The Morgan fingerprint density at radius 2 is 1.12 bits per heavy atom. The zero-order valence-corrected chi connectivity index (χ0v) is 14.2. The van der Waals surface area contributed by atoms with Gasteiger partial charge in [0.25, 0.3) is 11.1 Å². The van der Waals surface area contributed by atoms with Crippen LogP contribution in [0.4, 0.5) is 0 Å². The highest BCUT2D eigenvalue weighted by molar-refractivity contribution is 7.98. The maximum atomic E-state index is 11.2. The fraction of sp³-hybridized carbons (Fsp3) is 0.125. The molecule has 2 N–H and O–H groups in total. The summed E-state index contributed by atoms with van der Waals surface area (Å²) < 4.78 is 0. The van der Waals surface area contributed by atoms with E-state index in [1.54, 1.807) is 0 Å². The van der Waals surface area contributed by atoms with Crippen molar-refractivity contribution in [2.75, 3.05) is 0 Å². The van der Waals surface area contributed by atoms with Gasteiger partial charge in [-0.05, 0) is 11.1 Å². The van der Waals surface area contributed by atoms with Crippen molar-refractivity contribution in [3.8, 4) is 0 Å². The van der Waals surface area contributed by atoms with Crippen molar-refractivity contribution >= 4 is 23.5 Å². The Labute approximate surface area is 146 Å². The van der Waals surface area contributed by atoms with Gasteiger partial charge in [0, 0.05) is 36.0 Å². The first kappa shape index (κ1) is 16.5. The molecule has 0 saturated carbocycles. The van der Waals surface area contributed by atoms with Gasteiger partial charge in [-0.2, -0.15) is 0 Å². The smallest absolute Gasteiger partial charge is 0.251 e. The minimum atomic E-state index is -0.146. The molecular formula is C16H14N4O2S2. The third kappa shape index (κ3) is 4.84. The monoisotopic (exact) mass is 358 g/mol. The largest absolute Gasteiger partial charge is 0.301 e. The first-order valence-electron chi connectivity index (χ1n) is 7.13. The van der Waals surface area contributed by atoms with Crippen molar-refractivity contribution in [3.05, 3.63) is 80.6 Å². The lowest BCUT2D eigenvalue weighted by Crippen LogP contribution is -2.05. The maximum Gasteiger partial charge on any atom is 0.251 e. The third-order valence-electron chi connectivity index (χ3n) is 3.07. The average Bonchev–Trinajstić information content (AvgIpc) is 2.59. The minimum Gasteiger partial charge on any atom is -0.301 e. The van der Waals surface area contributed by atoms with E-state index in [-0.39, 0.29) is 11.1 Å². The molecule has 1 aromatic carbocycles. The Bertz CT molecular complexity index is 845. The van der Waals surface area contributed by atoms with Crippen LogP contribution in [0.5, 0.6) is 0 Å². The Morgan fingerprint density at radius 3 is 1.50 bits per heavy atom. The van der Waals surface area contributed by atoms with Gasteiger partial charge in [0.05, 0.1) is 0 Å². The van der Waals surface area contributed by atoms with Crippen molar-refractivity contribution in [2.24, 2.45) is 0 Å². The van der Waals surface area contributed by atoms with Crippen LogP contribution in [0, 0.1) is 0 Å². The van der Waals surface area contributed by atoms with Crippen LogP contribution in [0.15, 0.2) is 68.7 Å². The summed E-state index contributed by atoms with van der Waals surface area (Å²) in [6.07, 6.45) is 3.01. The molecule has 0 aliphatic rings. The van der Waals surface area contributed by atoms with Gasteiger partial charge < -0.3 is 9.97 Å². The highest BCUT2D eigenvalue weighted by Gasteiger charge is 2.01. The predicted molar refractivity (Wildman–Crippen MR) is 95.3 cm³/mol. The van der Waals surface area contributed by atoms with E-state index >= 15 is 0 Å². The molecule has 0 bridgehead atoms. The van der Waals surface area contributed by atoms with Crippen LogP contribution in [0.3, 0.4) is 0 Å². The van der Waals surface area contributed by atoms with Gasteiger partial charge in [0.15, 0.2) is 10.3 Å². The van der Waals surface area contributed by atoms with Gasteiger partial charge in [0.1, 0.15) is 0 Å². The molecular weight excluding hydrogens is 344 g/mol. The Kier molecular flexibility index (Phi) is 5.50. The molecule has 24 heavy (non-hydrogen) atoms. The molecule has 2 heterocycles. The predicted octanol–water partition coefficient (Wildman–Crippen LogP) is 2.44. The number of aromatic amines is 2. The second kappa shape index (κ2) is 7.98. The molecule has 122 valence electrons. The van der Waals surface area contributed by atoms with Crippen LogP contribution in [-0.4, -0.2) is 19.9 Å². The van der Waals surface area contributed by atoms with E-state index in [1.807, 2.05) is 24.3 Å². The number of hydrogen-bond donors (Lipinski definition) is 2. The number of benzene rings is 1. The molecule has 0 aliphatic carbocycles. The molecule has 8 heteroatoms. The number of nitrogens with zero attached hydrogens (tertiary/aromatic N) is 2. The van der Waals surface area contributed by atoms with Crippen LogP contribution in [0.2, 0.25) is 0 Å². The molecule has 3 aromatic rings. The van der Waals surface area contributed by atoms with Gasteiger partial charge in [-0.25, -0.2) is 9.97 Å². The van der Waals surface area contributed by atoms with Crippen molar-refractivity contribution in [2.45, 2.75) is 21.8 Å². The van der Waals surface area contributed by atoms with E-state index in [0.29, 0.717) is 10.3 Å². The van der Waals surface area contributed by atoms with Crippen molar-refractivity contribution in [3.63, 3.8) is 0 Å². The highest BCUT2D eigenvalue weighted by Crippen LogP contribution is 2.21. The summed E-state index contributed by atoms with van der Waals surface area (Å²) in [5.41, 5.74) is 2.00. The van der Waals surface area contributed by atoms with E-state index in [9.17, 15) is 9.59 Å². The number of thioether (sulfide) groups is 2. The summed E-state index contributed by atoms with van der Waals surface area (Å²) in [4.78, 5) is 36.0. The summed E-state index contributed by atoms with van der Waals surface area (Å²) in [5, 5.41) is 1.22. The topological polar surface area (TPSA) is 91.5 Å². The van der Waals surface area contributed by atoms with Crippen LogP contribution in [0.1, 0.15) is 11.1 Å². The molecule has 0 fully saturated rings. The highest BCUT2D eigenvalue weighted by atomic mass is 32.2. The summed E-state index contributed by atoms with van der Waals surface area (Å²) in [6.45, 7) is 0. The van der Waals surface area contributed by atoms with Crippen LogP contribution in [0.25, 0.3) is 0 Å². The van der Waals surface area contributed by atoms with E-state index in [0.717, 1.165) is 22.6 Å². The molecule has 0 saturated heterocycles. The van der Waals surface area contributed by atoms with E-state index < -0.39 is 0 Å². The van der Waals surface area contributed by atoms with Crippen LogP contribution < -0.4 is 11.1 Å². The van der Waals surface area contributed by atoms with Gasteiger partial charge >= 0.3 is 0 Å². The summed E-state index contributed by atoms with van der Waals surface area (Å²) in [6, 6.07) is 11.0. The summed E-state index contributed by atoms with van der Waals surface area (Å²) in [7, 11) is 0. The van der Waals surface area contributed by atoms with E-state index in [1.165, 1.54) is 48.1 Å². The fourth-order valence-corrected chi connectivity index (χ4v) is 3.49. The average molecular weight is 358 g/mol.